The van der Waals surface area contributed by atoms with E-state index in [0.29, 0.717) is 6.42 Å². The van der Waals surface area contributed by atoms with E-state index in [4.69, 9.17) is 10.5 Å². The van der Waals surface area contributed by atoms with Gasteiger partial charge in [0, 0.05) is 16.8 Å². The van der Waals surface area contributed by atoms with Crippen molar-refractivity contribution in [2.24, 2.45) is 5.73 Å². The van der Waals surface area contributed by atoms with E-state index >= 15 is 0 Å². The molecule has 1 amide bonds. The fraction of sp³-hybridized carbons (Fsp3) is 0.600. The Morgan fingerprint density at radius 2 is 2.19 bits per heavy atom. The summed E-state index contributed by atoms with van der Waals surface area (Å²) in [7, 11) is 1.35. The molecule has 2 rings (SSSR count). The number of amides is 1. The first-order valence-corrected chi connectivity index (χ1v) is 8.09. The van der Waals surface area contributed by atoms with Crippen LogP contribution in [0.3, 0.4) is 0 Å². The molecule has 0 saturated heterocycles. The molecule has 1 aromatic heterocycles. The third-order valence-electron chi connectivity index (χ3n) is 3.93. The summed E-state index contributed by atoms with van der Waals surface area (Å²) in [5.74, 6) is -0.432. The summed E-state index contributed by atoms with van der Waals surface area (Å²) in [4.78, 5) is 24.7. The van der Waals surface area contributed by atoms with Gasteiger partial charge >= 0.3 is 5.97 Å². The lowest BCUT2D eigenvalue weighted by Gasteiger charge is -2.24. The Bertz CT molecular complexity index is 481. The zero-order chi connectivity index (χ0) is 15.3. The van der Waals surface area contributed by atoms with Crippen LogP contribution in [0.25, 0.3) is 0 Å². The van der Waals surface area contributed by atoms with Crippen LogP contribution in [-0.2, 0) is 14.3 Å². The summed E-state index contributed by atoms with van der Waals surface area (Å²) in [6.07, 6.45) is 4.40. The lowest BCUT2D eigenvalue weighted by Crippen LogP contribution is -2.43. The average Bonchev–Trinajstić information content (AvgIpc) is 3.09. The van der Waals surface area contributed by atoms with Gasteiger partial charge in [-0.2, -0.15) is 0 Å². The van der Waals surface area contributed by atoms with Crippen molar-refractivity contribution < 1.29 is 14.3 Å². The molecule has 3 N–H and O–H groups in total. The molecule has 5 nitrogen and oxygen atoms in total. The molecule has 0 bridgehead atoms. The van der Waals surface area contributed by atoms with Crippen LogP contribution in [0.1, 0.15) is 49.4 Å². The predicted molar refractivity (Wildman–Crippen MR) is 81.8 cm³/mol. The second-order valence-corrected chi connectivity index (χ2v) is 6.64. The largest absolute Gasteiger partial charge is 0.469 e. The molecule has 0 spiro atoms. The highest BCUT2D eigenvalue weighted by atomic mass is 32.1. The van der Waals surface area contributed by atoms with E-state index in [-0.39, 0.29) is 29.9 Å². The highest BCUT2D eigenvalue weighted by Crippen LogP contribution is 2.30. The zero-order valence-electron chi connectivity index (χ0n) is 12.3. The van der Waals surface area contributed by atoms with Gasteiger partial charge in [-0.25, -0.2) is 0 Å². The number of ether oxygens (including phenoxy) is 1. The molecular weight excluding hydrogens is 288 g/mol. The number of hydrogen-bond donors (Lipinski definition) is 2. The summed E-state index contributed by atoms with van der Waals surface area (Å²) < 4.78 is 4.70. The predicted octanol–water partition coefficient (Wildman–Crippen LogP) is 2.13. The van der Waals surface area contributed by atoms with Gasteiger partial charge < -0.3 is 15.8 Å². The number of rotatable bonds is 6. The molecule has 1 heterocycles. The number of carbonyl (C=O) groups is 2. The van der Waals surface area contributed by atoms with Crippen molar-refractivity contribution in [2.45, 2.75) is 50.1 Å². The quantitative estimate of drug-likeness (QED) is 0.789. The van der Waals surface area contributed by atoms with E-state index in [0.717, 1.165) is 30.6 Å². The van der Waals surface area contributed by atoms with E-state index < -0.39 is 0 Å². The number of nitrogens with one attached hydrogen (secondary N) is 1. The van der Waals surface area contributed by atoms with Crippen LogP contribution in [0.2, 0.25) is 0 Å². The van der Waals surface area contributed by atoms with E-state index in [2.05, 4.69) is 5.32 Å². The molecule has 0 radical (unpaired) electrons. The van der Waals surface area contributed by atoms with Crippen molar-refractivity contribution in [1.29, 1.82) is 0 Å². The van der Waals surface area contributed by atoms with E-state index in [1.165, 1.54) is 18.4 Å². The molecule has 1 unspecified atom stereocenters. The molecule has 1 saturated carbocycles. The van der Waals surface area contributed by atoms with Gasteiger partial charge in [-0.1, -0.05) is 18.9 Å². The molecule has 1 aromatic rings. The summed E-state index contributed by atoms with van der Waals surface area (Å²) in [6.45, 7) is 0. The van der Waals surface area contributed by atoms with Crippen LogP contribution in [0, 0.1) is 0 Å². The SMILES string of the molecule is COC(=O)CC(NC(=O)CC1(N)CCCC1)c1cccs1. The number of methoxy groups -OCH3 is 1. The molecular formula is C15H22N2O3S. The second-order valence-electron chi connectivity index (χ2n) is 5.66. The van der Waals surface area contributed by atoms with Crippen LogP contribution < -0.4 is 11.1 Å². The number of hydrogen-bond acceptors (Lipinski definition) is 5. The maximum absolute atomic E-state index is 12.2. The Kier molecular flexibility index (Phi) is 5.36. The maximum atomic E-state index is 12.2. The molecule has 1 aliphatic rings. The average molecular weight is 310 g/mol. The summed E-state index contributed by atoms with van der Waals surface area (Å²) in [5, 5.41) is 4.85. The van der Waals surface area contributed by atoms with Crippen LogP contribution in [0.15, 0.2) is 17.5 Å². The molecule has 21 heavy (non-hydrogen) atoms. The molecule has 0 aromatic carbocycles. The minimum atomic E-state index is -0.380. The van der Waals surface area contributed by atoms with E-state index in [1.54, 1.807) is 0 Å². The van der Waals surface area contributed by atoms with Gasteiger partial charge in [0.25, 0.3) is 0 Å². The van der Waals surface area contributed by atoms with Gasteiger partial charge in [-0.05, 0) is 24.3 Å². The number of thiophene rings is 1. The van der Waals surface area contributed by atoms with Crippen LogP contribution in [-0.4, -0.2) is 24.5 Å². The molecule has 116 valence electrons. The molecule has 1 aliphatic carbocycles. The van der Waals surface area contributed by atoms with Crippen molar-refractivity contribution in [3.8, 4) is 0 Å². The number of carbonyl (C=O) groups excluding carboxylic acids is 2. The Labute approximate surface area is 128 Å². The monoisotopic (exact) mass is 310 g/mol. The highest BCUT2D eigenvalue weighted by Gasteiger charge is 2.32. The van der Waals surface area contributed by atoms with Gasteiger partial charge in [0.15, 0.2) is 0 Å². The minimum Gasteiger partial charge on any atom is -0.469 e. The topological polar surface area (TPSA) is 81.4 Å². The van der Waals surface area contributed by atoms with Crippen LogP contribution in [0.4, 0.5) is 0 Å². The molecule has 6 heteroatoms. The van der Waals surface area contributed by atoms with Crippen LogP contribution >= 0.6 is 11.3 Å². The standard InChI is InChI=1S/C15H22N2O3S/c1-20-14(19)9-11(12-5-4-8-21-12)17-13(18)10-15(16)6-2-3-7-15/h4-5,8,11H,2-3,6-7,9-10,16H2,1H3,(H,17,18). The van der Waals surface area contributed by atoms with Crippen molar-refractivity contribution in [2.75, 3.05) is 7.11 Å². The highest BCUT2D eigenvalue weighted by molar-refractivity contribution is 7.10. The number of nitrogens with two attached hydrogens (primary N) is 1. The summed E-state index contributed by atoms with van der Waals surface area (Å²) in [5.41, 5.74) is 5.85. The van der Waals surface area contributed by atoms with Crippen molar-refractivity contribution in [3.05, 3.63) is 22.4 Å². The van der Waals surface area contributed by atoms with Gasteiger partial charge in [0.1, 0.15) is 0 Å². The van der Waals surface area contributed by atoms with Gasteiger partial charge in [0.05, 0.1) is 19.6 Å². The third kappa shape index (κ3) is 4.54. The van der Waals surface area contributed by atoms with E-state index in [1.807, 2.05) is 17.5 Å². The Balaban J connectivity index is 1.97. The first kappa shape index (κ1) is 16.0. The van der Waals surface area contributed by atoms with Gasteiger partial charge in [-0.3, -0.25) is 9.59 Å². The molecule has 0 aliphatic heterocycles. The van der Waals surface area contributed by atoms with Crippen molar-refractivity contribution in [3.63, 3.8) is 0 Å². The summed E-state index contributed by atoms with van der Waals surface area (Å²) in [6, 6.07) is 3.47. The molecule has 1 fully saturated rings. The Morgan fingerprint density at radius 1 is 1.48 bits per heavy atom. The molecule has 1 atom stereocenters. The normalized spacial score (nSPS) is 18.2. The first-order valence-electron chi connectivity index (χ1n) is 7.21. The Hall–Kier alpha value is -1.40. The smallest absolute Gasteiger partial charge is 0.307 e. The maximum Gasteiger partial charge on any atom is 0.307 e. The number of esters is 1. The minimum absolute atomic E-state index is 0.0956. The fourth-order valence-corrected chi connectivity index (χ4v) is 3.56. The van der Waals surface area contributed by atoms with Gasteiger partial charge in [0.2, 0.25) is 5.91 Å². The van der Waals surface area contributed by atoms with E-state index in [9.17, 15) is 9.59 Å². The van der Waals surface area contributed by atoms with Crippen molar-refractivity contribution in [1.82, 2.24) is 5.32 Å². The Morgan fingerprint density at radius 3 is 2.76 bits per heavy atom. The van der Waals surface area contributed by atoms with Crippen molar-refractivity contribution >= 4 is 23.2 Å². The second kappa shape index (κ2) is 7.04. The lowest BCUT2D eigenvalue weighted by atomic mass is 9.94. The zero-order valence-corrected chi connectivity index (χ0v) is 13.1. The fourth-order valence-electron chi connectivity index (χ4n) is 2.78. The van der Waals surface area contributed by atoms with Gasteiger partial charge in [-0.15, -0.1) is 11.3 Å². The first-order chi connectivity index (χ1) is 10.0. The summed E-state index contributed by atoms with van der Waals surface area (Å²) >= 11 is 1.51. The van der Waals surface area contributed by atoms with Crippen LogP contribution in [0.5, 0.6) is 0 Å². The third-order valence-corrected chi connectivity index (χ3v) is 4.92. The lowest BCUT2D eigenvalue weighted by molar-refractivity contribution is -0.141.